The zero-order valence-corrected chi connectivity index (χ0v) is 18.8. The molecule has 0 aliphatic rings. The third-order valence-electron chi connectivity index (χ3n) is 5.65. The molecule has 7 heteroatoms. The summed E-state index contributed by atoms with van der Waals surface area (Å²) in [7, 11) is 0. The molecule has 4 rings (SSSR count). The van der Waals surface area contributed by atoms with E-state index in [9.17, 15) is 9.59 Å². The number of anilines is 1. The van der Waals surface area contributed by atoms with E-state index >= 15 is 0 Å². The van der Waals surface area contributed by atoms with Crippen LogP contribution >= 0.6 is 0 Å². The Morgan fingerprint density at radius 1 is 1.06 bits per heavy atom. The summed E-state index contributed by atoms with van der Waals surface area (Å²) in [5.41, 5.74) is 6.34. The predicted octanol–water partition coefficient (Wildman–Crippen LogP) is 4.40. The lowest BCUT2D eigenvalue weighted by atomic mass is 10.1. The van der Waals surface area contributed by atoms with Crippen molar-refractivity contribution in [1.82, 2.24) is 19.9 Å². The van der Waals surface area contributed by atoms with E-state index in [1.807, 2.05) is 26.0 Å². The van der Waals surface area contributed by atoms with E-state index in [-0.39, 0.29) is 11.8 Å². The number of carbonyl (C=O) groups is 2. The molecule has 0 unspecified atom stereocenters. The van der Waals surface area contributed by atoms with Crippen molar-refractivity contribution in [2.24, 2.45) is 0 Å². The molecule has 0 radical (unpaired) electrons. The molecule has 0 atom stereocenters. The molecule has 2 amide bonds. The monoisotopic (exact) mass is 439 g/mol. The van der Waals surface area contributed by atoms with E-state index in [4.69, 9.17) is 0 Å². The highest BCUT2D eigenvalue weighted by Crippen LogP contribution is 2.31. The molecule has 166 valence electrons. The Hall–Kier alpha value is -4.26. The number of benzene rings is 2. The molecule has 0 spiro atoms. The highest BCUT2D eigenvalue weighted by Gasteiger charge is 2.19. The lowest BCUT2D eigenvalue weighted by Gasteiger charge is -2.09. The number of nitrogens with one attached hydrogen (secondary N) is 2. The van der Waals surface area contributed by atoms with Gasteiger partial charge < -0.3 is 10.6 Å². The number of aryl methyl sites for hydroxylation is 2. The van der Waals surface area contributed by atoms with Gasteiger partial charge in [-0.25, -0.2) is 9.97 Å². The summed E-state index contributed by atoms with van der Waals surface area (Å²) in [4.78, 5) is 33.1. The summed E-state index contributed by atoms with van der Waals surface area (Å²) in [6.45, 7) is 9.89. The van der Waals surface area contributed by atoms with Crippen molar-refractivity contribution in [2.75, 3.05) is 5.32 Å². The minimum Gasteiger partial charge on any atom is -0.348 e. The molecule has 0 aliphatic carbocycles. The number of hydrogen-bond donors (Lipinski definition) is 2. The Labute approximate surface area is 192 Å². The number of rotatable bonds is 6. The maximum atomic E-state index is 12.9. The fourth-order valence-electron chi connectivity index (χ4n) is 3.79. The van der Waals surface area contributed by atoms with Crippen molar-refractivity contribution < 1.29 is 9.59 Å². The Morgan fingerprint density at radius 3 is 2.52 bits per heavy atom. The fourth-order valence-corrected chi connectivity index (χ4v) is 3.79. The molecule has 0 aliphatic heterocycles. The molecule has 0 saturated heterocycles. The molecule has 2 aromatic heterocycles. The van der Waals surface area contributed by atoms with Gasteiger partial charge in [-0.2, -0.15) is 0 Å². The minimum atomic E-state index is -0.267. The Morgan fingerprint density at radius 2 is 1.82 bits per heavy atom. The van der Waals surface area contributed by atoms with Crippen LogP contribution in [0.15, 0.2) is 67.5 Å². The van der Waals surface area contributed by atoms with Gasteiger partial charge in [0.2, 0.25) is 5.91 Å². The van der Waals surface area contributed by atoms with Crippen LogP contribution in [0.1, 0.15) is 32.7 Å². The molecule has 7 nitrogen and oxygen atoms in total. The van der Waals surface area contributed by atoms with Gasteiger partial charge in [-0.15, -0.1) is 0 Å². The second-order valence-corrected chi connectivity index (χ2v) is 7.88. The molecule has 0 fully saturated rings. The smallest absolute Gasteiger partial charge is 0.256 e. The van der Waals surface area contributed by atoms with Gasteiger partial charge in [-0.1, -0.05) is 30.8 Å². The van der Waals surface area contributed by atoms with Crippen molar-refractivity contribution in [3.63, 3.8) is 0 Å². The minimum absolute atomic E-state index is 0.243. The molecule has 2 heterocycles. The average molecular weight is 440 g/mol. The van der Waals surface area contributed by atoms with Crippen molar-refractivity contribution >= 4 is 28.7 Å². The topological polar surface area (TPSA) is 88.9 Å². The highest BCUT2D eigenvalue weighted by atomic mass is 16.2. The molecular weight excluding hydrogens is 414 g/mol. The van der Waals surface area contributed by atoms with Crippen LogP contribution in [0.4, 0.5) is 5.82 Å². The molecule has 0 saturated carbocycles. The standard InChI is InChI=1S/C26H25N5O2/c1-5-22(32)27-14-19-9-11-20(12-10-19)26(33)30-24-23-17(3)18(4)31(25(23)29-15-28-24)21-8-6-7-16(2)13-21/h5-13,15H,1,14H2,2-4H3,(H,27,32)(H,28,29,30,33). The van der Waals surface area contributed by atoms with Gasteiger partial charge >= 0.3 is 0 Å². The van der Waals surface area contributed by atoms with Crippen molar-refractivity contribution in [3.8, 4) is 5.69 Å². The van der Waals surface area contributed by atoms with E-state index in [1.54, 1.807) is 24.3 Å². The van der Waals surface area contributed by atoms with E-state index in [2.05, 4.69) is 50.8 Å². The Balaban J connectivity index is 1.63. The van der Waals surface area contributed by atoms with Crippen LogP contribution in [0.3, 0.4) is 0 Å². The third-order valence-corrected chi connectivity index (χ3v) is 5.65. The number of amides is 2. The quantitative estimate of drug-likeness (QED) is 0.436. The lowest BCUT2D eigenvalue weighted by molar-refractivity contribution is -0.116. The summed E-state index contributed by atoms with van der Waals surface area (Å²) >= 11 is 0. The van der Waals surface area contributed by atoms with Gasteiger partial charge in [0.25, 0.3) is 5.91 Å². The van der Waals surface area contributed by atoms with Crippen LogP contribution < -0.4 is 10.6 Å². The normalized spacial score (nSPS) is 10.8. The largest absolute Gasteiger partial charge is 0.348 e. The zero-order valence-electron chi connectivity index (χ0n) is 18.8. The van der Waals surface area contributed by atoms with Gasteiger partial charge in [-0.05, 0) is 67.8 Å². The number of fused-ring (bicyclic) bond motifs is 1. The van der Waals surface area contributed by atoms with Crippen LogP contribution in [0.25, 0.3) is 16.7 Å². The average Bonchev–Trinajstić information content (AvgIpc) is 3.08. The first-order chi connectivity index (χ1) is 15.9. The second kappa shape index (κ2) is 9.08. The van der Waals surface area contributed by atoms with E-state index in [0.29, 0.717) is 17.9 Å². The van der Waals surface area contributed by atoms with Crippen LogP contribution in [-0.2, 0) is 11.3 Å². The summed E-state index contributed by atoms with van der Waals surface area (Å²) in [6, 6.07) is 15.3. The van der Waals surface area contributed by atoms with Crippen LogP contribution in [0.2, 0.25) is 0 Å². The van der Waals surface area contributed by atoms with Crippen molar-refractivity contribution in [1.29, 1.82) is 0 Å². The molecule has 2 aromatic carbocycles. The van der Waals surface area contributed by atoms with E-state index in [1.165, 1.54) is 12.4 Å². The molecule has 4 aromatic rings. The first-order valence-corrected chi connectivity index (χ1v) is 10.6. The van der Waals surface area contributed by atoms with Crippen LogP contribution in [-0.4, -0.2) is 26.3 Å². The van der Waals surface area contributed by atoms with Gasteiger partial charge in [0.15, 0.2) is 5.65 Å². The first kappa shape index (κ1) is 22.0. The summed E-state index contributed by atoms with van der Waals surface area (Å²) < 4.78 is 2.08. The first-order valence-electron chi connectivity index (χ1n) is 10.6. The summed E-state index contributed by atoms with van der Waals surface area (Å²) in [5.74, 6) is -0.0378. The zero-order chi connectivity index (χ0) is 23.5. The van der Waals surface area contributed by atoms with Crippen molar-refractivity contribution in [3.05, 3.63) is 95.5 Å². The number of hydrogen-bond acceptors (Lipinski definition) is 4. The van der Waals surface area contributed by atoms with E-state index in [0.717, 1.165) is 39.1 Å². The molecule has 33 heavy (non-hydrogen) atoms. The SMILES string of the molecule is C=CC(=O)NCc1ccc(C(=O)Nc2ncnc3c2c(C)c(C)n3-c2cccc(C)c2)cc1. The Kier molecular flexibility index (Phi) is 6.04. The summed E-state index contributed by atoms with van der Waals surface area (Å²) in [5, 5.41) is 6.46. The molecule has 2 N–H and O–H groups in total. The molecular formula is C26H25N5O2. The van der Waals surface area contributed by atoms with Gasteiger partial charge in [-0.3, -0.25) is 14.2 Å². The van der Waals surface area contributed by atoms with E-state index < -0.39 is 0 Å². The van der Waals surface area contributed by atoms with Crippen LogP contribution in [0.5, 0.6) is 0 Å². The maximum absolute atomic E-state index is 12.9. The van der Waals surface area contributed by atoms with Gasteiger partial charge in [0.1, 0.15) is 12.1 Å². The van der Waals surface area contributed by atoms with Crippen LogP contribution in [0, 0.1) is 20.8 Å². The highest BCUT2D eigenvalue weighted by molar-refractivity contribution is 6.08. The predicted molar refractivity (Wildman–Crippen MR) is 130 cm³/mol. The second-order valence-electron chi connectivity index (χ2n) is 7.88. The number of nitrogens with zero attached hydrogens (tertiary/aromatic N) is 3. The summed E-state index contributed by atoms with van der Waals surface area (Å²) in [6.07, 6.45) is 2.69. The molecule has 0 bridgehead atoms. The van der Waals surface area contributed by atoms with Gasteiger partial charge in [0, 0.05) is 23.5 Å². The number of aromatic nitrogens is 3. The lowest BCUT2D eigenvalue weighted by Crippen LogP contribution is -2.20. The fraction of sp³-hybridized carbons (Fsp3) is 0.154. The Bertz CT molecular complexity index is 1370. The number of carbonyl (C=O) groups excluding carboxylic acids is 2. The van der Waals surface area contributed by atoms with Crippen molar-refractivity contribution in [2.45, 2.75) is 27.3 Å². The van der Waals surface area contributed by atoms with Gasteiger partial charge in [0.05, 0.1) is 5.39 Å². The maximum Gasteiger partial charge on any atom is 0.256 e. The third kappa shape index (κ3) is 4.39.